The summed E-state index contributed by atoms with van der Waals surface area (Å²) in [6.07, 6.45) is 0. The summed E-state index contributed by atoms with van der Waals surface area (Å²) in [5.74, 6) is 0. The highest BCUT2D eigenvalue weighted by molar-refractivity contribution is 7.01. The van der Waals surface area contributed by atoms with Crippen molar-refractivity contribution < 1.29 is 0 Å². The van der Waals surface area contributed by atoms with E-state index in [0.29, 0.717) is 6.71 Å². The third-order valence-electron chi connectivity index (χ3n) is 6.56. The molecule has 0 aliphatic carbocycles. The predicted molar refractivity (Wildman–Crippen MR) is 116 cm³/mol. The largest absolute Gasteiger partial charge is 0.310 e. The minimum Gasteiger partial charge on any atom is -0.310 e. The summed E-state index contributed by atoms with van der Waals surface area (Å²) >= 11 is 0. The highest BCUT2D eigenvalue weighted by Gasteiger charge is 2.41. The van der Waals surface area contributed by atoms with Crippen molar-refractivity contribution in [1.29, 1.82) is 0 Å². The molecule has 0 amide bonds. The smallest absolute Gasteiger partial charge is 0.248 e. The number of para-hydroxylation sites is 1. The van der Waals surface area contributed by atoms with Crippen LogP contribution in [0.4, 0.5) is 0 Å². The summed E-state index contributed by atoms with van der Waals surface area (Å²) in [6, 6.07) is 29.2. The summed E-state index contributed by atoms with van der Waals surface area (Å²) in [4.78, 5) is 0. The van der Waals surface area contributed by atoms with E-state index in [-0.39, 0.29) is 0 Å². The number of aromatic nitrogens is 1. The van der Waals surface area contributed by atoms with Gasteiger partial charge in [-0.05, 0) is 41.1 Å². The molecule has 27 heavy (non-hydrogen) atoms. The standard InChI is InChI=1S/C25H16BN/c1-15-13-14-19-17-8-3-5-11-21(17)27-22-12-6-9-18-16-7-2-4-10-20(16)26(24(18)22)23(15)25(19)27/h2-14H,1H3. The Kier molecular flexibility index (Phi) is 2.33. The van der Waals surface area contributed by atoms with Gasteiger partial charge >= 0.3 is 0 Å². The molecule has 1 nitrogen and oxygen atoms in total. The number of hydrogen-bond donors (Lipinski definition) is 0. The van der Waals surface area contributed by atoms with Crippen molar-refractivity contribution in [3.63, 3.8) is 0 Å². The zero-order chi connectivity index (χ0) is 17.7. The first-order chi connectivity index (χ1) is 13.3. The molecule has 0 N–H and O–H groups in total. The van der Waals surface area contributed by atoms with Gasteiger partial charge in [0.2, 0.25) is 6.71 Å². The highest BCUT2D eigenvalue weighted by atomic mass is 15.0. The van der Waals surface area contributed by atoms with Crippen LogP contribution in [-0.4, -0.2) is 11.3 Å². The second-order valence-corrected chi connectivity index (χ2v) is 7.80. The SMILES string of the molecule is Cc1ccc2c3ccccc3n3c2c1B1c2ccccc2-c2cccc-3c21. The molecule has 0 fully saturated rings. The molecule has 0 saturated carbocycles. The van der Waals surface area contributed by atoms with Gasteiger partial charge in [0.25, 0.3) is 0 Å². The van der Waals surface area contributed by atoms with Gasteiger partial charge in [0.1, 0.15) is 0 Å². The fraction of sp³-hybridized carbons (Fsp3) is 0.0400. The van der Waals surface area contributed by atoms with Gasteiger partial charge in [-0.2, -0.15) is 0 Å². The average molecular weight is 341 g/mol. The average Bonchev–Trinajstić information content (AvgIpc) is 3.22. The first kappa shape index (κ1) is 13.9. The number of benzene rings is 4. The zero-order valence-electron chi connectivity index (χ0n) is 15.0. The molecule has 2 aliphatic heterocycles. The van der Waals surface area contributed by atoms with Gasteiger partial charge < -0.3 is 4.57 Å². The Balaban J connectivity index is 1.81. The predicted octanol–water partition coefficient (Wildman–Crippen LogP) is 3.90. The maximum atomic E-state index is 2.51. The summed E-state index contributed by atoms with van der Waals surface area (Å²) in [7, 11) is 0. The van der Waals surface area contributed by atoms with Crippen LogP contribution in [-0.2, 0) is 0 Å². The molecule has 4 aromatic carbocycles. The third-order valence-corrected chi connectivity index (χ3v) is 6.56. The van der Waals surface area contributed by atoms with Crippen molar-refractivity contribution in [3.8, 4) is 16.8 Å². The normalized spacial score (nSPS) is 13.3. The molecular weight excluding hydrogens is 325 g/mol. The Morgan fingerprint density at radius 2 is 1.48 bits per heavy atom. The maximum Gasteiger partial charge on any atom is 0.248 e. The van der Waals surface area contributed by atoms with E-state index in [1.165, 1.54) is 60.6 Å². The topological polar surface area (TPSA) is 4.93 Å². The van der Waals surface area contributed by atoms with Gasteiger partial charge in [-0.15, -0.1) is 0 Å². The molecule has 1 aromatic heterocycles. The molecule has 2 heteroatoms. The number of nitrogens with zero attached hydrogens (tertiary/aromatic N) is 1. The molecule has 0 bridgehead atoms. The number of hydrogen-bond acceptors (Lipinski definition) is 0. The molecule has 2 aliphatic rings. The van der Waals surface area contributed by atoms with Crippen molar-refractivity contribution in [2.24, 2.45) is 0 Å². The third kappa shape index (κ3) is 1.46. The molecule has 0 unspecified atom stereocenters. The molecule has 3 heterocycles. The molecule has 0 atom stereocenters. The lowest BCUT2D eigenvalue weighted by atomic mass is 9.37. The van der Waals surface area contributed by atoms with Crippen LogP contribution < -0.4 is 16.4 Å². The number of rotatable bonds is 0. The van der Waals surface area contributed by atoms with E-state index in [0.717, 1.165) is 0 Å². The molecule has 0 saturated heterocycles. The minimum absolute atomic E-state index is 0.341. The molecule has 7 rings (SSSR count). The highest BCUT2D eigenvalue weighted by Crippen LogP contribution is 2.37. The van der Waals surface area contributed by atoms with E-state index < -0.39 is 0 Å². The molecular formula is C25H16BN. The Labute approximate surface area is 158 Å². The first-order valence-electron chi connectivity index (χ1n) is 9.60. The van der Waals surface area contributed by atoms with Crippen LogP contribution >= 0.6 is 0 Å². The van der Waals surface area contributed by atoms with Crippen molar-refractivity contribution in [3.05, 3.63) is 84.4 Å². The number of fused-ring (bicyclic) bond motifs is 8. The minimum atomic E-state index is 0.341. The molecule has 0 radical (unpaired) electrons. The van der Waals surface area contributed by atoms with Crippen molar-refractivity contribution >= 4 is 44.9 Å². The van der Waals surface area contributed by atoms with Crippen LogP contribution in [0.2, 0.25) is 0 Å². The van der Waals surface area contributed by atoms with Gasteiger partial charge in [-0.1, -0.05) is 77.8 Å². The van der Waals surface area contributed by atoms with Crippen molar-refractivity contribution in [1.82, 2.24) is 4.57 Å². The molecule has 0 spiro atoms. The Morgan fingerprint density at radius 1 is 0.667 bits per heavy atom. The van der Waals surface area contributed by atoms with Crippen LogP contribution in [0, 0.1) is 6.92 Å². The second-order valence-electron chi connectivity index (χ2n) is 7.80. The van der Waals surface area contributed by atoms with Gasteiger partial charge in [0.05, 0.1) is 5.52 Å². The van der Waals surface area contributed by atoms with E-state index in [4.69, 9.17) is 0 Å². The van der Waals surface area contributed by atoms with Crippen LogP contribution in [0.5, 0.6) is 0 Å². The summed E-state index contributed by atoms with van der Waals surface area (Å²) in [5, 5.41) is 2.71. The lowest BCUT2D eigenvalue weighted by molar-refractivity contribution is 1.19. The van der Waals surface area contributed by atoms with Crippen LogP contribution in [0.15, 0.2) is 78.9 Å². The van der Waals surface area contributed by atoms with Crippen LogP contribution in [0.1, 0.15) is 5.56 Å². The fourth-order valence-corrected chi connectivity index (χ4v) is 5.53. The maximum absolute atomic E-state index is 2.51. The Hall–Kier alpha value is -3.26. The summed E-state index contributed by atoms with van der Waals surface area (Å²) in [5.41, 5.74) is 12.6. The van der Waals surface area contributed by atoms with E-state index in [1.54, 1.807) is 0 Å². The van der Waals surface area contributed by atoms with E-state index >= 15 is 0 Å². The molecule has 5 aromatic rings. The first-order valence-corrected chi connectivity index (χ1v) is 9.60. The molecule has 124 valence electrons. The van der Waals surface area contributed by atoms with Crippen molar-refractivity contribution in [2.75, 3.05) is 0 Å². The van der Waals surface area contributed by atoms with E-state index in [9.17, 15) is 0 Å². The fourth-order valence-electron chi connectivity index (χ4n) is 5.53. The zero-order valence-corrected chi connectivity index (χ0v) is 15.0. The number of aryl methyl sites for hydroxylation is 1. The monoisotopic (exact) mass is 341 g/mol. The summed E-state index contributed by atoms with van der Waals surface area (Å²) in [6.45, 7) is 2.61. The Morgan fingerprint density at radius 3 is 2.44 bits per heavy atom. The second kappa shape index (κ2) is 4.53. The van der Waals surface area contributed by atoms with E-state index in [1.807, 2.05) is 0 Å². The van der Waals surface area contributed by atoms with Gasteiger partial charge in [0, 0.05) is 22.0 Å². The summed E-state index contributed by atoms with van der Waals surface area (Å²) < 4.78 is 2.51. The van der Waals surface area contributed by atoms with Gasteiger partial charge in [0.15, 0.2) is 0 Å². The van der Waals surface area contributed by atoms with Crippen LogP contribution in [0.25, 0.3) is 38.6 Å². The quantitative estimate of drug-likeness (QED) is 0.369. The lowest BCUT2D eigenvalue weighted by Crippen LogP contribution is -2.54. The lowest BCUT2D eigenvalue weighted by Gasteiger charge is -2.26. The van der Waals surface area contributed by atoms with Crippen molar-refractivity contribution in [2.45, 2.75) is 6.92 Å². The van der Waals surface area contributed by atoms with Gasteiger partial charge in [-0.25, -0.2) is 0 Å². The van der Waals surface area contributed by atoms with E-state index in [2.05, 4.69) is 90.4 Å². The Bertz CT molecular complexity index is 1440. The van der Waals surface area contributed by atoms with Crippen LogP contribution in [0.3, 0.4) is 0 Å². The van der Waals surface area contributed by atoms with Gasteiger partial charge in [-0.3, -0.25) is 0 Å².